The van der Waals surface area contributed by atoms with E-state index < -0.39 is 0 Å². The first-order chi connectivity index (χ1) is 12.8. The quantitative estimate of drug-likeness (QED) is 0.428. The lowest BCUT2D eigenvalue weighted by atomic mass is 10.0. The monoisotopic (exact) mass is 424 g/mol. The molecule has 1 aliphatic heterocycles. The number of nitrogens with one attached hydrogen (secondary N) is 2. The first kappa shape index (κ1) is 24.3. The molecule has 6 heteroatoms. The number of ketones is 1. The van der Waals surface area contributed by atoms with E-state index in [0.29, 0.717) is 6.42 Å². The highest BCUT2D eigenvalue weighted by Gasteiger charge is 2.13. The summed E-state index contributed by atoms with van der Waals surface area (Å²) in [5.41, 5.74) is 4.54. The smallest absolute Gasteiger partial charge is 0.162 e. The van der Waals surface area contributed by atoms with Gasteiger partial charge >= 0.3 is 0 Å². The van der Waals surface area contributed by atoms with Gasteiger partial charge in [0.05, 0.1) is 7.11 Å². The lowest BCUT2D eigenvalue weighted by Crippen LogP contribution is -2.19. The number of Topliss-reactive ketones (excluding diaryl/α,β-unsaturated/α-hetero) is 1. The summed E-state index contributed by atoms with van der Waals surface area (Å²) in [6, 6.07) is 14.2. The molecular weight excluding hydrogens is 395 g/mol. The lowest BCUT2D eigenvalue weighted by Gasteiger charge is -2.09. The summed E-state index contributed by atoms with van der Waals surface area (Å²) >= 11 is 0. The van der Waals surface area contributed by atoms with Crippen molar-refractivity contribution in [3.8, 4) is 5.75 Å². The Bertz CT molecular complexity index is 753. The van der Waals surface area contributed by atoms with Crippen LogP contribution in [0.5, 0.6) is 5.75 Å². The lowest BCUT2D eigenvalue weighted by molar-refractivity contribution is 0.0979. The molecule has 0 unspecified atom stereocenters. The molecule has 2 aromatic carbocycles. The maximum Gasteiger partial charge on any atom is 0.162 e. The van der Waals surface area contributed by atoms with Gasteiger partial charge in [-0.3, -0.25) is 4.79 Å². The van der Waals surface area contributed by atoms with Crippen LogP contribution in [0.25, 0.3) is 0 Å². The number of carbonyl (C=O) groups excluding carboxylic acids is 1. The molecule has 0 spiro atoms. The SMILES string of the molecule is COc1ccccc1CCNCCCCC(=O)c1ccc2c(c1)CCN2.Cl.Cl. The van der Waals surface area contributed by atoms with Crippen LogP contribution in [0.3, 0.4) is 0 Å². The fraction of sp³-hybridized carbons (Fsp3) is 0.409. The number of carbonyl (C=O) groups is 1. The highest BCUT2D eigenvalue weighted by Crippen LogP contribution is 2.23. The zero-order valence-corrected chi connectivity index (χ0v) is 18.0. The zero-order chi connectivity index (χ0) is 18.2. The average molecular weight is 425 g/mol. The van der Waals surface area contributed by atoms with Crippen molar-refractivity contribution in [2.24, 2.45) is 0 Å². The second kappa shape index (κ2) is 12.7. The van der Waals surface area contributed by atoms with Crippen LogP contribution in [0.2, 0.25) is 0 Å². The normalized spacial score (nSPS) is 11.6. The minimum atomic E-state index is 0. The van der Waals surface area contributed by atoms with Crippen LogP contribution in [0.15, 0.2) is 42.5 Å². The first-order valence-corrected chi connectivity index (χ1v) is 9.50. The molecule has 1 heterocycles. The molecule has 0 saturated heterocycles. The van der Waals surface area contributed by atoms with Crippen molar-refractivity contribution >= 4 is 36.3 Å². The Morgan fingerprint density at radius 2 is 1.93 bits per heavy atom. The standard InChI is InChI=1S/C22H28N2O2.2ClH/c1-26-22-8-3-2-6-17(22)11-14-23-13-5-4-7-21(25)19-9-10-20-18(16-19)12-15-24-20;;/h2-3,6,8-10,16,23-24H,4-5,7,11-15H2,1H3;2*1H. The molecule has 0 saturated carbocycles. The Morgan fingerprint density at radius 3 is 2.75 bits per heavy atom. The number of ether oxygens (including phenoxy) is 1. The number of anilines is 1. The largest absolute Gasteiger partial charge is 0.496 e. The van der Waals surface area contributed by atoms with E-state index in [1.165, 1.54) is 16.8 Å². The van der Waals surface area contributed by atoms with Gasteiger partial charge in [-0.15, -0.1) is 24.8 Å². The summed E-state index contributed by atoms with van der Waals surface area (Å²) < 4.78 is 5.37. The van der Waals surface area contributed by atoms with Gasteiger partial charge in [0.1, 0.15) is 5.75 Å². The molecule has 3 rings (SSSR count). The van der Waals surface area contributed by atoms with Gasteiger partial charge in [0.25, 0.3) is 0 Å². The molecule has 154 valence electrons. The number of unbranched alkanes of at least 4 members (excludes halogenated alkanes) is 1. The molecule has 28 heavy (non-hydrogen) atoms. The van der Waals surface area contributed by atoms with Crippen molar-refractivity contribution in [3.05, 3.63) is 59.2 Å². The van der Waals surface area contributed by atoms with Crippen molar-refractivity contribution in [2.75, 3.05) is 32.1 Å². The van der Waals surface area contributed by atoms with Gasteiger partial charge in [-0.05, 0) is 74.2 Å². The third-order valence-electron chi connectivity index (χ3n) is 4.91. The second-order valence-corrected chi connectivity index (χ2v) is 6.74. The summed E-state index contributed by atoms with van der Waals surface area (Å²) in [5.74, 6) is 1.21. The zero-order valence-electron chi connectivity index (χ0n) is 16.3. The predicted octanol–water partition coefficient (Wildman–Crippen LogP) is 4.69. The van der Waals surface area contributed by atoms with E-state index in [4.69, 9.17) is 4.74 Å². The highest BCUT2D eigenvalue weighted by atomic mass is 35.5. The van der Waals surface area contributed by atoms with Crippen molar-refractivity contribution < 1.29 is 9.53 Å². The topological polar surface area (TPSA) is 50.4 Å². The van der Waals surface area contributed by atoms with Crippen molar-refractivity contribution in [1.82, 2.24) is 5.32 Å². The van der Waals surface area contributed by atoms with Gasteiger partial charge in [-0.25, -0.2) is 0 Å². The maximum atomic E-state index is 12.3. The summed E-state index contributed by atoms with van der Waals surface area (Å²) in [6.07, 6.45) is 4.54. The Hall–Kier alpha value is -1.75. The van der Waals surface area contributed by atoms with E-state index in [9.17, 15) is 4.79 Å². The molecule has 0 radical (unpaired) electrons. The average Bonchev–Trinajstić information content (AvgIpc) is 3.15. The minimum Gasteiger partial charge on any atom is -0.496 e. The number of rotatable bonds is 10. The fourth-order valence-corrected chi connectivity index (χ4v) is 3.42. The summed E-state index contributed by atoms with van der Waals surface area (Å²) in [4.78, 5) is 12.3. The van der Waals surface area contributed by atoms with Crippen molar-refractivity contribution in [2.45, 2.75) is 32.1 Å². The molecule has 4 nitrogen and oxygen atoms in total. The highest BCUT2D eigenvalue weighted by molar-refractivity contribution is 5.96. The Morgan fingerprint density at radius 1 is 1.11 bits per heavy atom. The summed E-state index contributed by atoms with van der Waals surface area (Å²) in [7, 11) is 1.71. The fourth-order valence-electron chi connectivity index (χ4n) is 3.42. The van der Waals surface area contributed by atoms with Gasteiger partial charge in [0.2, 0.25) is 0 Å². The summed E-state index contributed by atoms with van der Waals surface area (Å²) in [6.45, 7) is 2.84. The molecule has 0 aromatic heterocycles. The number of methoxy groups -OCH3 is 1. The number of para-hydroxylation sites is 1. The number of fused-ring (bicyclic) bond motifs is 1. The van der Waals surface area contributed by atoms with Gasteiger partial charge in [-0.1, -0.05) is 18.2 Å². The van der Waals surface area contributed by atoms with E-state index >= 15 is 0 Å². The maximum absolute atomic E-state index is 12.3. The Kier molecular flexibility index (Phi) is 11.0. The molecule has 2 aromatic rings. The Balaban J connectivity index is 0.00000196. The summed E-state index contributed by atoms with van der Waals surface area (Å²) in [5, 5.41) is 6.79. The van der Waals surface area contributed by atoms with Gasteiger partial charge in [-0.2, -0.15) is 0 Å². The van der Waals surface area contributed by atoms with E-state index in [-0.39, 0.29) is 30.6 Å². The van der Waals surface area contributed by atoms with Crippen molar-refractivity contribution in [3.63, 3.8) is 0 Å². The molecule has 0 aliphatic carbocycles. The molecule has 0 bridgehead atoms. The van der Waals surface area contributed by atoms with Crippen LogP contribution < -0.4 is 15.4 Å². The molecule has 1 aliphatic rings. The van der Waals surface area contributed by atoms with Gasteiger partial charge < -0.3 is 15.4 Å². The van der Waals surface area contributed by atoms with E-state index in [1.807, 2.05) is 30.3 Å². The molecule has 0 atom stereocenters. The predicted molar refractivity (Wildman–Crippen MR) is 121 cm³/mol. The van der Waals surface area contributed by atoms with Crippen molar-refractivity contribution in [1.29, 1.82) is 0 Å². The van der Waals surface area contributed by atoms with Gasteiger partial charge in [0.15, 0.2) is 5.78 Å². The van der Waals surface area contributed by atoms with Crippen LogP contribution in [0.4, 0.5) is 5.69 Å². The molecule has 0 fully saturated rings. The van der Waals surface area contributed by atoms with Crippen LogP contribution in [-0.4, -0.2) is 32.5 Å². The third-order valence-corrected chi connectivity index (χ3v) is 4.91. The van der Waals surface area contributed by atoms with E-state index in [1.54, 1.807) is 7.11 Å². The number of benzene rings is 2. The number of hydrogen-bond acceptors (Lipinski definition) is 4. The van der Waals surface area contributed by atoms with Gasteiger partial charge in [0, 0.05) is 24.2 Å². The molecule has 0 amide bonds. The Labute approximate surface area is 180 Å². The van der Waals surface area contributed by atoms with Crippen LogP contribution in [-0.2, 0) is 12.8 Å². The van der Waals surface area contributed by atoms with Crippen LogP contribution in [0.1, 0.15) is 40.7 Å². The number of hydrogen-bond donors (Lipinski definition) is 2. The van der Waals surface area contributed by atoms with E-state index in [2.05, 4.69) is 22.8 Å². The van der Waals surface area contributed by atoms with Crippen LogP contribution in [0, 0.1) is 0 Å². The minimum absolute atomic E-state index is 0. The first-order valence-electron chi connectivity index (χ1n) is 9.50. The second-order valence-electron chi connectivity index (χ2n) is 6.74. The van der Waals surface area contributed by atoms with E-state index in [0.717, 1.165) is 56.6 Å². The molecular formula is C22H30Cl2N2O2. The molecule has 2 N–H and O–H groups in total. The van der Waals surface area contributed by atoms with Crippen LogP contribution >= 0.6 is 24.8 Å². The number of halogens is 2. The third kappa shape index (κ3) is 6.69.